The molecule has 2 aromatic heterocycles. The summed E-state index contributed by atoms with van der Waals surface area (Å²) in [6, 6.07) is 12.5. The van der Waals surface area contributed by atoms with Crippen molar-refractivity contribution in [2.24, 2.45) is 0 Å². The quantitative estimate of drug-likeness (QED) is 0.184. The molecule has 0 radical (unpaired) electrons. The number of pyridine rings is 1. The molecule has 2 heterocycles. The van der Waals surface area contributed by atoms with E-state index in [9.17, 15) is 0 Å². The van der Waals surface area contributed by atoms with Crippen LogP contribution in [0.1, 0.15) is 63.5 Å². The SMILES string of the molecule is C=CCc1ccc(-c2cnc(-c3ccc(/C=C/CCCC(C)OCCCCC)cn3)nc2)cc1. The van der Waals surface area contributed by atoms with Crippen LogP contribution in [0.5, 0.6) is 0 Å². The molecule has 34 heavy (non-hydrogen) atoms. The Labute approximate surface area is 204 Å². The van der Waals surface area contributed by atoms with E-state index < -0.39 is 0 Å². The molecule has 0 aliphatic rings. The number of nitrogens with zero attached hydrogens (tertiary/aromatic N) is 3. The summed E-state index contributed by atoms with van der Waals surface area (Å²) in [5.41, 5.74) is 5.21. The highest BCUT2D eigenvalue weighted by Crippen LogP contribution is 2.21. The van der Waals surface area contributed by atoms with E-state index in [-0.39, 0.29) is 0 Å². The highest BCUT2D eigenvalue weighted by Gasteiger charge is 2.05. The van der Waals surface area contributed by atoms with Gasteiger partial charge in [0.1, 0.15) is 5.69 Å². The summed E-state index contributed by atoms with van der Waals surface area (Å²) in [7, 11) is 0. The maximum Gasteiger partial charge on any atom is 0.178 e. The van der Waals surface area contributed by atoms with Gasteiger partial charge in [-0.05, 0) is 61.8 Å². The van der Waals surface area contributed by atoms with E-state index in [1.165, 1.54) is 24.8 Å². The molecule has 3 rings (SSSR count). The molecule has 1 unspecified atom stereocenters. The number of hydrogen-bond acceptors (Lipinski definition) is 4. The van der Waals surface area contributed by atoms with Crippen LogP contribution in [0.4, 0.5) is 0 Å². The first kappa shape index (κ1) is 25.5. The van der Waals surface area contributed by atoms with Crippen LogP contribution in [-0.4, -0.2) is 27.7 Å². The zero-order chi connectivity index (χ0) is 24.0. The molecule has 3 aromatic rings. The summed E-state index contributed by atoms with van der Waals surface area (Å²) in [5.74, 6) is 0.635. The molecule has 0 saturated carbocycles. The molecule has 0 bridgehead atoms. The fraction of sp³-hybridized carbons (Fsp3) is 0.367. The molecule has 0 saturated heterocycles. The molecule has 0 aliphatic carbocycles. The van der Waals surface area contributed by atoms with Crippen LogP contribution in [0.25, 0.3) is 28.7 Å². The maximum absolute atomic E-state index is 5.86. The van der Waals surface area contributed by atoms with Crippen molar-refractivity contribution < 1.29 is 4.74 Å². The Morgan fingerprint density at radius 1 is 0.912 bits per heavy atom. The van der Waals surface area contributed by atoms with Crippen LogP contribution in [0.2, 0.25) is 0 Å². The minimum Gasteiger partial charge on any atom is -0.379 e. The van der Waals surface area contributed by atoms with Crippen molar-refractivity contribution in [1.82, 2.24) is 15.0 Å². The van der Waals surface area contributed by atoms with Crippen molar-refractivity contribution in [3.8, 4) is 22.6 Å². The van der Waals surface area contributed by atoms with Crippen molar-refractivity contribution >= 4 is 6.08 Å². The molecule has 0 fully saturated rings. The molecule has 4 nitrogen and oxygen atoms in total. The van der Waals surface area contributed by atoms with Gasteiger partial charge in [-0.2, -0.15) is 0 Å². The Balaban J connectivity index is 1.46. The van der Waals surface area contributed by atoms with Gasteiger partial charge in [0.2, 0.25) is 0 Å². The third-order valence-corrected chi connectivity index (χ3v) is 5.78. The van der Waals surface area contributed by atoms with Crippen LogP contribution in [-0.2, 0) is 11.2 Å². The summed E-state index contributed by atoms with van der Waals surface area (Å²) in [6.07, 6.45) is 20.0. The van der Waals surface area contributed by atoms with Gasteiger partial charge in [-0.25, -0.2) is 9.97 Å². The molecular formula is C30H37N3O. The van der Waals surface area contributed by atoms with Gasteiger partial charge < -0.3 is 4.74 Å². The monoisotopic (exact) mass is 455 g/mol. The molecular weight excluding hydrogens is 418 g/mol. The number of aromatic nitrogens is 3. The zero-order valence-electron chi connectivity index (χ0n) is 20.6. The Bertz CT molecular complexity index is 1010. The second-order valence-corrected chi connectivity index (χ2v) is 8.68. The molecule has 1 aromatic carbocycles. The van der Waals surface area contributed by atoms with Crippen LogP contribution < -0.4 is 0 Å². The average Bonchev–Trinajstić information content (AvgIpc) is 2.88. The lowest BCUT2D eigenvalue weighted by atomic mass is 10.1. The second-order valence-electron chi connectivity index (χ2n) is 8.68. The van der Waals surface area contributed by atoms with Gasteiger partial charge >= 0.3 is 0 Å². The summed E-state index contributed by atoms with van der Waals surface area (Å²) in [5, 5.41) is 0. The predicted molar refractivity (Wildman–Crippen MR) is 142 cm³/mol. The van der Waals surface area contributed by atoms with Crippen LogP contribution >= 0.6 is 0 Å². The average molecular weight is 456 g/mol. The Morgan fingerprint density at radius 2 is 1.71 bits per heavy atom. The van der Waals surface area contributed by atoms with Gasteiger partial charge in [-0.15, -0.1) is 6.58 Å². The minimum absolute atomic E-state index is 0.342. The van der Waals surface area contributed by atoms with E-state index in [4.69, 9.17) is 4.74 Å². The van der Waals surface area contributed by atoms with Crippen LogP contribution in [0, 0.1) is 0 Å². The summed E-state index contributed by atoms with van der Waals surface area (Å²) in [4.78, 5) is 13.6. The molecule has 178 valence electrons. The number of ether oxygens (including phenoxy) is 1. The molecule has 0 N–H and O–H groups in total. The van der Waals surface area contributed by atoms with E-state index in [0.29, 0.717) is 11.9 Å². The molecule has 4 heteroatoms. The van der Waals surface area contributed by atoms with E-state index in [1.54, 1.807) is 0 Å². The lowest BCUT2D eigenvalue weighted by Crippen LogP contribution is -2.08. The maximum atomic E-state index is 5.86. The van der Waals surface area contributed by atoms with Gasteiger partial charge in [0, 0.05) is 30.8 Å². The van der Waals surface area contributed by atoms with Crippen molar-refractivity contribution in [2.75, 3.05) is 6.61 Å². The Kier molecular flexibility index (Phi) is 10.7. The standard InChI is InChI=1S/C30H37N3O/c1-4-6-10-20-34-24(3)12-8-7-9-13-26-16-19-29(31-21-26)30-32-22-28(23-33-30)27-17-14-25(11-5-2)15-18-27/h5,9,13-19,21-24H,2,4,6-8,10-12,20H2,1,3H3/b13-9+. The highest BCUT2D eigenvalue weighted by molar-refractivity contribution is 5.63. The van der Waals surface area contributed by atoms with Gasteiger partial charge in [-0.3, -0.25) is 4.98 Å². The number of unbranched alkanes of at least 4 members (excludes halogenated alkanes) is 3. The van der Waals surface area contributed by atoms with E-state index in [0.717, 1.165) is 54.7 Å². The smallest absolute Gasteiger partial charge is 0.178 e. The van der Waals surface area contributed by atoms with E-state index in [1.807, 2.05) is 30.7 Å². The molecule has 1 atom stereocenters. The number of benzene rings is 1. The van der Waals surface area contributed by atoms with Crippen molar-refractivity contribution in [3.63, 3.8) is 0 Å². The van der Waals surface area contributed by atoms with Crippen LogP contribution in [0.15, 0.2) is 73.7 Å². The molecule has 0 amide bonds. The van der Waals surface area contributed by atoms with Crippen molar-refractivity contribution in [1.29, 1.82) is 0 Å². The Hall–Kier alpha value is -3.11. The molecule has 0 spiro atoms. The number of rotatable bonds is 14. The first-order chi connectivity index (χ1) is 16.7. The first-order valence-corrected chi connectivity index (χ1v) is 12.5. The largest absolute Gasteiger partial charge is 0.379 e. The third kappa shape index (κ3) is 8.35. The first-order valence-electron chi connectivity index (χ1n) is 12.5. The van der Waals surface area contributed by atoms with Gasteiger partial charge in [0.15, 0.2) is 5.82 Å². The normalized spacial score (nSPS) is 12.2. The van der Waals surface area contributed by atoms with E-state index in [2.05, 4.69) is 77.9 Å². The minimum atomic E-state index is 0.342. The predicted octanol–water partition coefficient (Wildman–Crippen LogP) is 7.71. The van der Waals surface area contributed by atoms with Gasteiger partial charge in [0.25, 0.3) is 0 Å². The van der Waals surface area contributed by atoms with Gasteiger partial charge in [0.05, 0.1) is 6.10 Å². The number of allylic oxidation sites excluding steroid dienone is 2. The lowest BCUT2D eigenvalue weighted by Gasteiger charge is -2.11. The lowest BCUT2D eigenvalue weighted by molar-refractivity contribution is 0.0566. The molecule has 0 aliphatic heterocycles. The fourth-order valence-corrected chi connectivity index (χ4v) is 3.71. The summed E-state index contributed by atoms with van der Waals surface area (Å²) < 4.78 is 5.86. The van der Waals surface area contributed by atoms with Gasteiger partial charge in [-0.1, -0.05) is 68.3 Å². The zero-order valence-corrected chi connectivity index (χ0v) is 20.6. The topological polar surface area (TPSA) is 47.9 Å². The third-order valence-electron chi connectivity index (χ3n) is 5.78. The summed E-state index contributed by atoms with van der Waals surface area (Å²) >= 11 is 0. The van der Waals surface area contributed by atoms with Crippen molar-refractivity contribution in [2.45, 2.75) is 64.9 Å². The summed E-state index contributed by atoms with van der Waals surface area (Å²) in [6.45, 7) is 9.07. The number of hydrogen-bond donors (Lipinski definition) is 0. The highest BCUT2D eigenvalue weighted by atomic mass is 16.5. The van der Waals surface area contributed by atoms with Crippen molar-refractivity contribution in [3.05, 3.63) is 84.8 Å². The fourth-order valence-electron chi connectivity index (χ4n) is 3.71. The van der Waals surface area contributed by atoms with E-state index >= 15 is 0 Å². The Morgan fingerprint density at radius 3 is 2.38 bits per heavy atom. The second kappa shape index (κ2) is 14.2. The van der Waals surface area contributed by atoms with Crippen LogP contribution in [0.3, 0.4) is 0 Å².